The standard InChI is InChI=1S/C30H29F4N7O/c1-4-22-17-41(28-26-25(39(3)29(42)38-28)13-11-21(14-35)37-26)23(5-2)16-40(22)27(18-6-9-20(31)10-7-18)24-12-8-19(15-36-24)30(32,33)34/h6-13,15,22-23,27H,4-5,16-17H2,1-3H3/t22-,23+,27?/m1/s1. The Kier molecular flexibility index (Phi) is 7.97. The number of benzene rings is 1. The topological polar surface area (TPSA) is 90.9 Å². The number of fused-ring (bicyclic) bond motifs is 1. The molecule has 0 radical (unpaired) electrons. The highest BCUT2D eigenvalue weighted by atomic mass is 19.4. The second-order valence-corrected chi connectivity index (χ2v) is 10.3. The summed E-state index contributed by atoms with van der Waals surface area (Å²) in [6, 6.07) is 12.7. The molecular weight excluding hydrogens is 550 g/mol. The summed E-state index contributed by atoms with van der Waals surface area (Å²) in [6.07, 6.45) is -2.39. The Morgan fingerprint density at radius 2 is 1.71 bits per heavy atom. The Morgan fingerprint density at radius 3 is 2.31 bits per heavy atom. The highest BCUT2D eigenvalue weighted by Crippen LogP contribution is 2.37. The number of piperazine rings is 1. The lowest BCUT2D eigenvalue weighted by Gasteiger charge is -2.49. The molecule has 4 aromatic rings. The van der Waals surface area contributed by atoms with Gasteiger partial charge in [0.2, 0.25) is 0 Å². The first-order valence-electron chi connectivity index (χ1n) is 13.6. The van der Waals surface area contributed by atoms with Gasteiger partial charge in [-0.2, -0.15) is 23.4 Å². The van der Waals surface area contributed by atoms with Gasteiger partial charge in [-0.1, -0.05) is 26.0 Å². The van der Waals surface area contributed by atoms with Gasteiger partial charge in [0.25, 0.3) is 0 Å². The fourth-order valence-corrected chi connectivity index (χ4v) is 5.64. The van der Waals surface area contributed by atoms with Crippen molar-refractivity contribution in [1.82, 2.24) is 24.4 Å². The van der Waals surface area contributed by atoms with E-state index in [1.165, 1.54) is 22.8 Å². The molecule has 1 fully saturated rings. The number of nitrogens with zero attached hydrogens (tertiary/aromatic N) is 7. The van der Waals surface area contributed by atoms with Crippen LogP contribution in [0.1, 0.15) is 55.2 Å². The Balaban J connectivity index is 1.60. The molecule has 1 aromatic carbocycles. The predicted molar refractivity (Wildman–Crippen MR) is 149 cm³/mol. The van der Waals surface area contributed by atoms with Crippen LogP contribution in [0.2, 0.25) is 0 Å². The molecular formula is C30H29F4N7O. The average molecular weight is 580 g/mol. The summed E-state index contributed by atoms with van der Waals surface area (Å²) < 4.78 is 55.3. The van der Waals surface area contributed by atoms with Crippen LogP contribution >= 0.6 is 0 Å². The second-order valence-electron chi connectivity index (χ2n) is 10.3. The average Bonchev–Trinajstić information content (AvgIpc) is 2.99. The third-order valence-corrected chi connectivity index (χ3v) is 7.91. The number of alkyl halides is 3. The minimum atomic E-state index is -4.52. The molecule has 0 amide bonds. The monoisotopic (exact) mass is 579 g/mol. The van der Waals surface area contributed by atoms with Crippen molar-refractivity contribution in [2.24, 2.45) is 7.05 Å². The van der Waals surface area contributed by atoms with Crippen molar-refractivity contribution in [3.05, 3.63) is 93.5 Å². The van der Waals surface area contributed by atoms with Gasteiger partial charge in [0.1, 0.15) is 23.1 Å². The van der Waals surface area contributed by atoms with Crippen LogP contribution in [-0.4, -0.2) is 49.6 Å². The zero-order valence-electron chi connectivity index (χ0n) is 23.3. The summed E-state index contributed by atoms with van der Waals surface area (Å²) >= 11 is 0. The van der Waals surface area contributed by atoms with E-state index in [-0.39, 0.29) is 17.8 Å². The van der Waals surface area contributed by atoms with E-state index in [1.54, 1.807) is 31.3 Å². The predicted octanol–water partition coefficient (Wildman–Crippen LogP) is 5.22. The van der Waals surface area contributed by atoms with Crippen LogP contribution in [0.4, 0.5) is 23.4 Å². The van der Waals surface area contributed by atoms with Gasteiger partial charge in [0, 0.05) is 38.4 Å². The van der Waals surface area contributed by atoms with Crippen LogP contribution in [0, 0.1) is 17.1 Å². The van der Waals surface area contributed by atoms with Crippen LogP contribution < -0.4 is 10.6 Å². The van der Waals surface area contributed by atoms with Gasteiger partial charge in [0.15, 0.2) is 5.82 Å². The van der Waals surface area contributed by atoms with Crippen molar-refractivity contribution in [3.63, 3.8) is 0 Å². The van der Waals surface area contributed by atoms with E-state index < -0.39 is 29.3 Å². The van der Waals surface area contributed by atoms with Crippen molar-refractivity contribution in [2.75, 3.05) is 18.0 Å². The zero-order chi connectivity index (χ0) is 30.2. The molecule has 3 aromatic heterocycles. The van der Waals surface area contributed by atoms with E-state index in [2.05, 4.69) is 19.9 Å². The maximum absolute atomic E-state index is 13.9. The summed E-state index contributed by atoms with van der Waals surface area (Å²) in [7, 11) is 1.60. The van der Waals surface area contributed by atoms with E-state index in [4.69, 9.17) is 0 Å². The highest BCUT2D eigenvalue weighted by molar-refractivity contribution is 5.86. The van der Waals surface area contributed by atoms with Crippen LogP contribution in [0.25, 0.3) is 11.0 Å². The largest absolute Gasteiger partial charge is 0.417 e. The first kappa shape index (κ1) is 29.1. The lowest BCUT2D eigenvalue weighted by Crippen LogP contribution is -2.59. The normalized spacial score (nSPS) is 18.7. The van der Waals surface area contributed by atoms with E-state index in [0.717, 1.165) is 12.3 Å². The Hall–Kier alpha value is -4.37. The van der Waals surface area contributed by atoms with E-state index in [1.807, 2.05) is 24.8 Å². The molecule has 42 heavy (non-hydrogen) atoms. The lowest BCUT2D eigenvalue weighted by molar-refractivity contribution is -0.137. The Morgan fingerprint density at radius 1 is 1.00 bits per heavy atom. The van der Waals surface area contributed by atoms with E-state index in [0.29, 0.717) is 54.0 Å². The smallest absolute Gasteiger partial charge is 0.349 e. The zero-order valence-corrected chi connectivity index (χ0v) is 23.3. The van der Waals surface area contributed by atoms with Gasteiger partial charge >= 0.3 is 11.9 Å². The fourth-order valence-electron chi connectivity index (χ4n) is 5.64. The maximum Gasteiger partial charge on any atom is 0.417 e. The third kappa shape index (κ3) is 5.44. The molecule has 0 N–H and O–H groups in total. The molecule has 218 valence electrons. The molecule has 0 bridgehead atoms. The summed E-state index contributed by atoms with van der Waals surface area (Å²) in [5.41, 5.74) is 1.00. The van der Waals surface area contributed by atoms with Gasteiger partial charge in [-0.25, -0.2) is 14.2 Å². The van der Waals surface area contributed by atoms with Gasteiger partial charge < -0.3 is 4.90 Å². The van der Waals surface area contributed by atoms with Crippen LogP contribution in [0.15, 0.2) is 59.5 Å². The van der Waals surface area contributed by atoms with Gasteiger partial charge in [-0.05, 0) is 54.8 Å². The molecule has 3 atom stereocenters. The van der Waals surface area contributed by atoms with Crippen molar-refractivity contribution >= 4 is 16.9 Å². The number of halogens is 4. The first-order chi connectivity index (χ1) is 20.0. The molecule has 1 aliphatic heterocycles. The van der Waals surface area contributed by atoms with Crippen LogP contribution in [0.5, 0.6) is 0 Å². The van der Waals surface area contributed by atoms with E-state index in [9.17, 15) is 27.6 Å². The molecule has 0 spiro atoms. The molecule has 5 rings (SSSR count). The number of hydrogen-bond acceptors (Lipinski definition) is 7. The van der Waals surface area contributed by atoms with Gasteiger partial charge in [-0.3, -0.25) is 14.5 Å². The van der Waals surface area contributed by atoms with Gasteiger partial charge in [-0.15, -0.1) is 0 Å². The second kappa shape index (κ2) is 11.5. The van der Waals surface area contributed by atoms with Crippen molar-refractivity contribution in [2.45, 2.75) is 51.0 Å². The van der Waals surface area contributed by atoms with Crippen LogP contribution in [0.3, 0.4) is 0 Å². The minimum Gasteiger partial charge on any atom is -0.349 e. The number of aromatic nitrogens is 4. The molecule has 1 unspecified atom stereocenters. The van der Waals surface area contributed by atoms with Crippen molar-refractivity contribution in [3.8, 4) is 6.07 Å². The first-order valence-corrected chi connectivity index (χ1v) is 13.6. The SMILES string of the molecule is CC[C@H]1CN(C(c2ccc(F)cc2)c2ccc(C(F)(F)F)cn2)[C@H](CC)CN1c1nc(=O)n(C)c2ccc(C#N)nc12. The van der Waals surface area contributed by atoms with E-state index >= 15 is 0 Å². The number of nitriles is 1. The number of pyridine rings is 2. The fraction of sp³-hybridized carbons (Fsp3) is 0.367. The summed E-state index contributed by atoms with van der Waals surface area (Å²) in [5, 5.41) is 9.48. The highest BCUT2D eigenvalue weighted by Gasteiger charge is 2.39. The maximum atomic E-state index is 13.9. The Labute approximate surface area is 239 Å². The van der Waals surface area contributed by atoms with Gasteiger partial charge in [0.05, 0.1) is 22.8 Å². The minimum absolute atomic E-state index is 0.146. The molecule has 0 aliphatic carbocycles. The molecule has 1 saturated heterocycles. The number of aryl methyl sites for hydroxylation is 1. The molecule has 12 heteroatoms. The number of rotatable bonds is 6. The summed E-state index contributed by atoms with van der Waals surface area (Å²) in [6.45, 7) is 4.89. The number of anilines is 1. The number of hydrogen-bond donors (Lipinski definition) is 0. The quantitative estimate of drug-likeness (QED) is 0.289. The molecule has 1 aliphatic rings. The third-order valence-electron chi connectivity index (χ3n) is 7.91. The molecule has 0 saturated carbocycles. The molecule has 4 heterocycles. The Bertz CT molecular complexity index is 1680. The molecule has 8 nitrogen and oxygen atoms in total. The van der Waals surface area contributed by atoms with Crippen molar-refractivity contribution < 1.29 is 17.6 Å². The summed E-state index contributed by atoms with van der Waals surface area (Å²) in [5.74, 6) is -0.0323. The lowest BCUT2D eigenvalue weighted by atomic mass is 9.94. The van der Waals surface area contributed by atoms with Crippen LogP contribution in [-0.2, 0) is 13.2 Å². The summed E-state index contributed by atoms with van der Waals surface area (Å²) in [4.78, 5) is 30.2. The van der Waals surface area contributed by atoms with Crippen molar-refractivity contribution in [1.29, 1.82) is 5.26 Å².